The van der Waals surface area contributed by atoms with Gasteiger partial charge in [0.25, 0.3) is 6.02 Å². The summed E-state index contributed by atoms with van der Waals surface area (Å²) in [6, 6.07) is 5.66. The molecule has 16 heavy (non-hydrogen) atoms. The van der Waals surface area contributed by atoms with Gasteiger partial charge in [-0.1, -0.05) is 0 Å². The fraction of sp³-hybridized carbons (Fsp3) is 0.364. The zero-order chi connectivity index (χ0) is 11.5. The van der Waals surface area contributed by atoms with Gasteiger partial charge in [0.1, 0.15) is 24.1 Å². The number of nitrogens with two attached hydrogens (primary N) is 1. The Morgan fingerprint density at radius 2 is 2.19 bits per heavy atom. The summed E-state index contributed by atoms with van der Waals surface area (Å²) >= 11 is 0. The molecule has 1 aliphatic heterocycles. The molecular formula is C11H14N2O3. The third kappa shape index (κ3) is 1.88. The van der Waals surface area contributed by atoms with E-state index in [0.29, 0.717) is 6.61 Å². The van der Waals surface area contributed by atoms with Crippen molar-refractivity contribution < 1.29 is 14.2 Å². The average molecular weight is 222 g/mol. The van der Waals surface area contributed by atoms with Crippen molar-refractivity contribution in [1.82, 2.24) is 0 Å². The second-order valence-electron chi connectivity index (χ2n) is 3.40. The van der Waals surface area contributed by atoms with Crippen LogP contribution in [0.15, 0.2) is 23.2 Å². The van der Waals surface area contributed by atoms with Gasteiger partial charge in [0.2, 0.25) is 0 Å². The van der Waals surface area contributed by atoms with Gasteiger partial charge in [0.05, 0.1) is 14.2 Å². The summed E-state index contributed by atoms with van der Waals surface area (Å²) in [6.07, 6.45) is 0. The zero-order valence-corrected chi connectivity index (χ0v) is 9.27. The number of hydrogen-bond donors (Lipinski definition) is 1. The maximum absolute atomic E-state index is 5.48. The van der Waals surface area contributed by atoms with Gasteiger partial charge in [-0.05, 0) is 18.2 Å². The summed E-state index contributed by atoms with van der Waals surface area (Å²) in [5.41, 5.74) is 6.40. The van der Waals surface area contributed by atoms with Crippen molar-refractivity contribution in [3.05, 3.63) is 23.8 Å². The third-order valence-electron chi connectivity index (χ3n) is 2.47. The minimum absolute atomic E-state index is 0.120. The van der Waals surface area contributed by atoms with Crippen LogP contribution < -0.4 is 15.2 Å². The van der Waals surface area contributed by atoms with E-state index in [0.717, 1.165) is 17.1 Å². The van der Waals surface area contributed by atoms with Crippen molar-refractivity contribution in [2.75, 3.05) is 20.8 Å². The normalized spacial score (nSPS) is 18.9. The lowest BCUT2D eigenvalue weighted by atomic mass is 10.1. The Balaban J connectivity index is 2.37. The minimum atomic E-state index is -0.120. The Bertz CT molecular complexity index is 418. The predicted octanol–water partition coefficient (Wildman–Crippen LogP) is 1.09. The molecule has 5 nitrogen and oxygen atoms in total. The molecule has 1 heterocycles. The lowest BCUT2D eigenvalue weighted by Crippen LogP contribution is -2.10. The maximum atomic E-state index is 5.48. The number of methoxy groups -OCH3 is 2. The van der Waals surface area contributed by atoms with Crippen LogP contribution in [0.1, 0.15) is 11.6 Å². The molecule has 0 bridgehead atoms. The summed E-state index contributed by atoms with van der Waals surface area (Å²) in [6.45, 7) is 0.440. The maximum Gasteiger partial charge on any atom is 0.282 e. The second-order valence-corrected chi connectivity index (χ2v) is 3.40. The van der Waals surface area contributed by atoms with E-state index in [9.17, 15) is 0 Å². The van der Waals surface area contributed by atoms with Gasteiger partial charge >= 0.3 is 0 Å². The SMILES string of the molecule is COc1ccc(OC)c(C2COC(N)=N2)c1. The number of amidine groups is 1. The van der Waals surface area contributed by atoms with Crippen LogP contribution in [0.25, 0.3) is 0 Å². The molecule has 86 valence electrons. The van der Waals surface area contributed by atoms with Gasteiger partial charge < -0.3 is 19.9 Å². The largest absolute Gasteiger partial charge is 0.497 e. The standard InChI is InChI=1S/C11H14N2O3/c1-14-7-3-4-10(15-2)8(5-7)9-6-16-11(12)13-9/h3-5,9H,6H2,1-2H3,(H2,12,13). The first-order valence-electron chi connectivity index (χ1n) is 4.92. The quantitative estimate of drug-likeness (QED) is 0.831. The molecule has 0 saturated heterocycles. The van der Waals surface area contributed by atoms with E-state index in [1.54, 1.807) is 14.2 Å². The number of benzene rings is 1. The molecule has 2 rings (SSSR count). The first-order valence-corrected chi connectivity index (χ1v) is 4.92. The molecule has 1 aromatic rings. The highest BCUT2D eigenvalue weighted by Gasteiger charge is 2.22. The zero-order valence-electron chi connectivity index (χ0n) is 9.27. The Morgan fingerprint density at radius 1 is 1.38 bits per heavy atom. The molecule has 0 spiro atoms. The lowest BCUT2D eigenvalue weighted by molar-refractivity contribution is 0.310. The van der Waals surface area contributed by atoms with Gasteiger partial charge in [-0.2, -0.15) is 0 Å². The summed E-state index contributed by atoms with van der Waals surface area (Å²) in [4.78, 5) is 4.18. The Morgan fingerprint density at radius 3 is 2.75 bits per heavy atom. The number of rotatable bonds is 3. The molecular weight excluding hydrogens is 208 g/mol. The summed E-state index contributed by atoms with van der Waals surface area (Å²) in [5.74, 6) is 1.52. The Kier molecular flexibility index (Phi) is 2.85. The van der Waals surface area contributed by atoms with Crippen LogP contribution in [0.3, 0.4) is 0 Å². The van der Waals surface area contributed by atoms with E-state index in [2.05, 4.69) is 4.99 Å². The first kappa shape index (κ1) is 10.6. The number of ether oxygens (including phenoxy) is 3. The van der Waals surface area contributed by atoms with Crippen LogP contribution in [-0.4, -0.2) is 26.8 Å². The van der Waals surface area contributed by atoms with Crippen LogP contribution in [0.5, 0.6) is 11.5 Å². The molecule has 0 saturated carbocycles. The molecule has 1 aromatic carbocycles. The smallest absolute Gasteiger partial charge is 0.282 e. The highest BCUT2D eigenvalue weighted by atomic mass is 16.5. The average Bonchev–Trinajstić information content (AvgIpc) is 2.75. The van der Waals surface area contributed by atoms with E-state index in [1.807, 2.05) is 18.2 Å². The fourth-order valence-corrected chi connectivity index (χ4v) is 1.65. The number of aliphatic imine (C=N–C) groups is 1. The van der Waals surface area contributed by atoms with Crippen molar-refractivity contribution in [2.45, 2.75) is 6.04 Å². The van der Waals surface area contributed by atoms with Crippen molar-refractivity contribution in [1.29, 1.82) is 0 Å². The minimum Gasteiger partial charge on any atom is -0.497 e. The van der Waals surface area contributed by atoms with Crippen LogP contribution >= 0.6 is 0 Å². The van der Waals surface area contributed by atoms with Crippen LogP contribution in [0, 0.1) is 0 Å². The molecule has 0 aromatic heterocycles. The van der Waals surface area contributed by atoms with Crippen LogP contribution in [0.4, 0.5) is 0 Å². The predicted molar refractivity (Wildman–Crippen MR) is 59.9 cm³/mol. The lowest BCUT2D eigenvalue weighted by Gasteiger charge is -2.12. The van der Waals surface area contributed by atoms with Gasteiger partial charge in [-0.3, -0.25) is 0 Å². The highest BCUT2D eigenvalue weighted by Crippen LogP contribution is 2.33. The van der Waals surface area contributed by atoms with Crippen molar-refractivity contribution in [2.24, 2.45) is 10.7 Å². The van der Waals surface area contributed by atoms with E-state index >= 15 is 0 Å². The summed E-state index contributed by atoms with van der Waals surface area (Å²) in [7, 11) is 3.24. The van der Waals surface area contributed by atoms with Gasteiger partial charge in [0, 0.05) is 5.56 Å². The van der Waals surface area contributed by atoms with Crippen molar-refractivity contribution in [3.8, 4) is 11.5 Å². The van der Waals surface area contributed by atoms with Crippen LogP contribution in [0.2, 0.25) is 0 Å². The molecule has 5 heteroatoms. The highest BCUT2D eigenvalue weighted by molar-refractivity contribution is 5.73. The van der Waals surface area contributed by atoms with Crippen LogP contribution in [-0.2, 0) is 4.74 Å². The summed E-state index contributed by atoms with van der Waals surface area (Å²) in [5, 5.41) is 0. The van der Waals surface area contributed by atoms with E-state index in [1.165, 1.54) is 0 Å². The second kappa shape index (κ2) is 4.30. The fourth-order valence-electron chi connectivity index (χ4n) is 1.65. The van der Waals surface area contributed by atoms with E-state index in [-0.39, 0.29) is 12.1 Å². The molecule has 0 amide bonds. The molecule has 0 aliphatic carbocycles. The van der Waals surface area contributed by atoms with Gasteiger partial charge in [-0.25, -0.2) is 4.99 Å². The van der Waals surface area contributed by atoms with Crippen molar-refractivity contribution in [3.63, 3.8) is 0 Å². The van der Waals surface area contributed by atoms with Gasteiger partial charge in [0.15, 0.2) is 0 Å². The molecule has 0 radical (unpaired) electrons. The number of hydrogen-bond acceptors (Lipinski definition) is 5. The van der Waals surface area contributed by atoms with Gasteiger partial charge in [-0.15, -0.1) is 0 Å². The van der Waals surface area contributed by atoms with Crippen molar-refractivity contribution >= 4 is 6.02 Å². The molecule has 0 fully saturated rings. The molecule has 2 N–H and O–H groups in total. The third-order valence-corrected chi connectivity index (χ3v) is 2.47. The number of nitrogens with zero attached hydrogens (tertiary/aromatic N) is 1. The monoisotopic (exact) mass is 222 g/mol. The topological polar surface area (TPSA) is 66.1 Å². The Hall–Kier alpha value is -1.91. The summed E-state index contributed by atoms with van der Waals surface area (Å²) < 4.78 is 15.6. The van der Waals surface area contributed by atoms with E-state index < -0.39 is 0 Å². The molecule has 1 aliphatic rings. The van der Waals surface area contributed by atoms with E-state index in [4.69, 9.17) is 19.9 Å². The Labute approximate surface area is 93.8 Å². The first-order chi connectivity index (χ1) is 7.74. The molecule has 1 atom stereocenters. The molecule has 1 unspecified atom stereocenters.